The fourth-order valence-electron chi connectivity index (χ4n) is 3.85. The normalized spacial score (nSPS) is 16.2. The van der Waals surface area contributed by atoms with Gasteiger partial charge in [-0.1, -0.05) is 0 Å². The second-order valence-corrected chi connectivity index (χ2v) is 7.44. The number of carbonyl (C=O) groups is 1. The molecule has 4 rings (SSSR count). The second kappa shape index (κ2) is 9.64. The predicted molar refractivity (Wildman–Crippen MR) is 119 cm³/mol. The van der Waals surface area contributed by atoms with E-state index in [0.29, 0.717) is 37.0 Å². The van der Waals surface area contributed by atoms with Crippen LogP contribution < -0.4 is 23.8 Å². The number of rotatable bonds is 5. The number of nitrogens with zero attached hydrogens (tertiary/aromatic N) is 2. The molecule has 0 unspecified atom stereocenters. The molecule has 2 aromatic rings. The van der Waals surface area contributed by atoms with Gasteiger partial charge in [0, 0.05) is 37.9 Å². The van der Waals surface area contributed by atoms with E-state index in [0.717, 1.165) is 43.1 Å². The molecule has 0 spiro atoms. The van der Waals surface area contributed by atoms with Gasteiger partial charge in [0.05, 0.1) is 14.2 Å². The molecular weight excluding hydrogens is 396 g/mol. The Labute approximate surface area is 182 Å². The van der Waals surface area contributed by atoms with Crippen LogP contribution in [0.15, 0.2) is 42.5 Å². The monoisotopic (exact) mass is 424 g/mol. The molecule has 1 saturated heterocycles. The fourth-order valence-corrected chi connectivity index (χ4v) is 3.85. The van der Waals surface area contributed by atoms with Gasteiger partial charge >= 0.3 is 0 Å². The highest BCUT2D eigenvalue weighted by Crippen LogP contribution is 2.40. The van der Waals surface area contributed by atoms with E-state index in [1.807, 2.05) is 29.2 Å². The maximum Gasteiger partial charge on any atom is 0.246 e. The number of ether oxygens (including phenoxy) is 4. The summed E-state index contributed by atoms with van der Waals surface area (Å²) >= 11 is 0. The highest BCUT2D eigenvalue weighted by molar-refractivity contribution is 5.92. The molecule has 0 radical (unpaired) electrons. The van der Waals surface area contributed by atoms with E-state index in [4.69, 9.17) is 18.9 Å². The van der Waals surface area contributed by atoms with Crippen molar-refractivity contribution in [3.63, 3.8) is 0 Å². The van der Waals surface area contributed by atoms with Gasteiger partial charge in [-0.15, -0.1) is 0 Å². The number of hydrogen-bond acceptors (Lipinski definition) is 6. The first-order valence-electron chi connectivity index (χ1n) is 10.5. The van der Waals surface area contributed by atoms with Crippen molar-refractivity contribution in [2.75, 3.05) is 58.5 Å². The van der Waals surface area contributed by atoms with Crippen LogP contribution in [0, 0.1) is 0 Å². The van der Waals surface area contributed by atoms with E-state index >= 15 is 0 Å². The van der Waals surface area contributed by atoms with Gasteiger partial charge in [0.1, 0.15) is 19.0 Å². The lowest BCUT2D eigenvalue weighted by atomic mass is 10.1. The van der Waals surface area contributed by atoms with E-state index in [-0.39, 0.29) is 5.91 Å². The minimum atomic E-state index is 0.00503. The molecular formula is C24H28N2O5. The van der Waals surface area contributed by atoms with E-state index in [9.17, 15) is 4.79 Å². The number of carbonyl (C=O) groups excluding carboxylic acids is 1. The minimum Gasteiger partial charge on any atom is -0.497 e. The third kappa shape index (κ3) is 4.87. The first-order valence-corrected chi connectivity index (χ1v) is 10.5. The molecule has 164 valence electrons. The molecule has 7 nitrogen and oxygen atoms in total. The van der Waals surface area contributed by atoms with Crippen molar-refractivity contribution in [3.05, 3.63) is 48.0 Å². The summed E-state index contributed by atoms with van der Waals surface area (Å²) in [5.74, 6) is 2.71. The first-order chi connectivity index (χ1) is 15.2. The van der Waals surface area contributed by atoms with E-state index in [1.165, 1.54) is 0 Å². The van der Waals surface area contributed by atoms with Gasteiger partial charge in [-0.05, 0) is 54.5 Å². The molecule has 0 aliphatic carbocycles. The average molecular weight is 424 g/mol. The van der Waals surface area contributed by atoms with Gasteiger partial charge in [-0.3, -0.25) is 4.79 Å². The summed E-state index contributed by atoms with van der Waals surface area (Å²) in [5, 5.41) is 0. The van der Waals surface area contributed by atoms with Crippen molar-refractivity contribution >= 4 is 17.7 Å². The molecule has 31 heavy (non-hydrogen) atoms. The van der Waals surface area contributed by atoms with Crippen molar-refractivity contribution < 1.29 is 23.7 Å². The Morgan fingerprint density at radius 1 is 0.968 bits per heavy atom. The zero-order valence-electron chi connectivity index (χ0n) is 18.0. The van der Waals surface area contributed by atoms with Crippen LogP contribution in [0.3, 0.4) is 0 Å². The molecule has 0 aromatic heterocycles. The Kier molecular flexibility index (Phi) is 6.50. The van der Waals surface area contributed by atoms with Gasteiger partial charge in [-0.25, -0.2) is 0 Å². The summed E-state index contributed by atoms with van der Waals surface area (Å²) in [6.07, 6.45) is 4.34. The molecule has 2 aliphatic heterocycles. The summed E-state index contributed by atoms with van der Waals surface area (Å²) in [6, 6.07) is 11.8. The number of amides is 1. The fraction of sp³-hybridized carbons (Fsp3) is 0.375. The summed E-state index contributed by atoms with van der Waals surface area (Å²) in [4.78, 5) is 17.0. The molecule has 1 amide bonds. The van der Waals surface area contributed by atoms with E-state index in [2.05, 4.69) is 17.0 Å². The maximum atomic E-state index is 12.8. The molecule has 0 saturated carbocycles. The SMILES string of the molecule is COc1ccc(N2CCCN(C(=O)/C=C/c3cc(OC)c4c(c3)OCCO4)CC2)cc1. The van der Waals surface area contributed by atoms with E-state index < -0.39 is 0 Å². The molecule has 1 fully saturated rings. The Morgan fingerprint density at radius 3 is 2.55 bits per heavy atom. The Hall–Kier alpha value is -3.35. The van der Waals surface area contributed by atoms with Crippen LogP contribution in [0.25, 0.3) is 6.08 Å². The van der Waals surface area contributed by atoms with Crippen LogP contribution in [0.5, 0.6) is 23.0 Å². The lowest BCUT2D eigenvalue weighted by Gasteiger charge is -2.23. The lowest BCUT2D eigenvalue weighted by molar-refractivity contribution is -0.125. The van der Waals surface area contributed by atoms with Gasteiger partial charge < -0.3 is 28.7 Å². The third-order valence-electron chi connectivity index (χ3n) is 5.51. The quantitative estimate of drug-likeness (QED) is 0.687. The van der Waals surface area contributed by atoms with Gasteiger partial charge in [0.25, 0.3) is 0 Å². The Balaban J connectivity index is 1.40. The van der Waals surface area contributed by atoms with Crippen molar-refractivity contribution in [2.24, 2.45) is 0 Å². The van der Waals surface area contributed by atoms with Crippen LogP contribution in [0.4, 0.5) is 5.69 Å². The largest absolute Gasteiger partial charge is 0.497 e. The number of anilines is 1. The summed E-state index contributed by atoms with van der Waals surface area (Å²) in [7, 11) is 3.26. The highest BCUT2D eigenvalue weighted by atomic mass is 16.6. The van der Waals surface area contributed by atoms with Gasteiger partial charge in [0.15, 0.2) is 11.5 Å². The van der Waals surface area contributed by atoms with Crippen molar-refractivity contribution in [1.29, 1.82) is 0 Å². The molecule has 2 heterocycles. The summed E-state index contributed by atoms with van der Waals surface area (Å²) in [6.45, 7) is 4.13. The zero-order chi connectivity index (χ0) is 21.6. The molecule has 2 aromatic carbocycles. The van der Waals surface area contributed by atoms with Crippen LogP contribution >= 0.6 is 0 Å². The summed E-state index contributed by atoms with van der Waals surface area (Å²) in [5.41, 5.74) is 1.98. The minimum absolute atomic E-state index is 0.00503. The van der Waals surface area contributed by atoms with Crippen LogP contribution in [0.2, 0.25) is 0 Å². The Morgan fingerprint density at radius 2 is 1.77 bits per heavy atom. The predicted octanol–water partition coefficient (Wildman–Crippen LogP) is 3.23. The lowest BCUT2D eigenvalue weighted by Crippen LogP contribution is -2.34. The van der Waals surface area contributed by atoms with Crippen molar-refractivity contribution in [1.82, 2.24) is 4.90 Å². The number of fused-ring (bicyclic) bond motifs is 1. The average Bonchev–Trinajstić information content (AvgIpc) is 3.08. The molecule has 0 bridgehead atoms. The third-order valence-corrected chi connectivity index (χ3v) is 5.51. The number of hydrogen-bond donors (Lipinski definition) is 0. The molecule has 7 heteroatoms. The smallest absolute Gasteiger partial charge is 0.246 e. The van der Waals surface area contributed by atoms with Crippen LogP contribution in [0.1, 0.15) is 12.0 Å². The molecule has 0 N–H and O–H groups in total. The van der Waals surface area contributed by atoms with Gasteiger partial charge in [0.2, 0.25) is 11.7 Å². The van der Waals surface area contributed by atoms with Crippen LogP contribution in [-0.2, 0) is 4.79 Å². The van der Waals surface area contributed by atoms with Crippen molar-refractivity contribution in [2.45, 2.75) is 6.42 Å². The van der Waals surface area contributed by atoms with Gasteiger partial charge in [-0.2, -0.15) is 0 Å². The topological polar surface area (TPSA) is 60.5 Å². The number of benzene rings is 2. The summed E-state index contributed by atoms with van der Waals surface area (Å²) < 4.78 is 22.0. The maximum absolute atomic E-state index is 12.8. The van der Waals surface area contributed by atoms with Crippen molar-refractivity contribution in [3.8, 4) is 23.0 Å². The molecule has 0 atom stereocenters. The zero-order valence-corrected chi connectivity index (χ0v) is 18.0. The Bertz CT molecular complexity index is 924. The molecule has 2 aliphatic rings. The standard InChI is InChI=1S/C24H28N2O5/c1-28-20-7-5-19(6-8-20)25-10-3-11-26(13-12-25)23(27)9-4-18-16-21(29-2)24-22(17-18)30-14-15-31-24/h4-9,16-17H,3,10-15H2,1-2H3/b9-4+. The van der Waals surface area contributed by atoms with E-state index in [1.54, 1.807) is 26.4 Å². The number of methoxy groups -OCH3 is 2. The second-order valence-electron chi connectivity index (χ2n) is 7.44. The highest BCUT2D eigenvalue weighted by Gasteiger charge is 2.20. The van der Waals surface area contributed by atoms with Crippen LogP contribution in [-0.4, -0.2) is 64.4 Å². The first kappa shape index (κ1) is 20.9.